The number of H-pyrrole nitrogens is 1. The number of ether oxygens (including phenoxy) is 2. The highest BCUT2D eigenvalue weighted by Crippen LogP contribution is 2.35. The van der Waals surface area contributed by atoms with Crippen LogP contribution in [0.3, 0.4) is 0 Å². The number of alkyl halides is 3. The molecule has 0 spiro atoms. The number of amides is 1. The van der Waals surface area contributed by atoms with Crippen LogP contribution in [0.4, 0.5) is 24.5 Å². The van der Waals surface area contributed by atoms with Crippen LogP contribution in [0.15, 0.2) is 42.5 Å². The van der Waals surface area contributed by atoms with Gasteiger partial charge in [0.25, 0.3) is 5.91 Å². The summed E-state index contributed by atoms with van der Waals surface area (Å²) >= 11 is 0. The van der Waals surface area contributed by atoms with E-state index in [1.54, 1.807) is 24.3 Å². The number of aromatic amines is 1. The molecule has 2 aromatic carbocycles. The minimum Gasteiger partial charge on any atom is -0.451 e. The Morgan fingerprint density at radius 1 is 1.16 bits per heavy atom. The number of morpholine rings is 1. The zero-order chi connectivity index (χ0) is 22.7. The zero-order valence-electron chi connectivity index (χ0n) is 16.7. The smallest absolute Gasteiger partial charge is 0.416 e. The third-order valence-electron chi connectivity index (χ3n) is 4.95. The van der Waals surface area contributed by atoms with Gasteiger partial charge in [-0.2, -0.15) is 18.3 Å². The molecule has 11 heteroatoms. The molecule has 0 bridgehead atoms. The summed E-state index contributed by atoms with van der Waals surface area (Å²) in [5, 5.41) is 9.55. The number of halogens is 3. The number of rotatable bonds is 5. The van der Waals surface area contributed by atoms with E-state index >= 15 is 0 Å². The van der Waals surface area contributed by atoms with Gasteiger partial charge in [-0.05, 0) is 24.3 Å². The standard InChI is InChI=1S/C21H19F3N4O4/c22-21(23,24)13-5-6-17(28-7-9-31-10-8-28)16(11-13)25-18(29)12-32-20(30)19-14-3-1-2-4-15(14)26-27-19/h1-6,11H,7-10,12H2,(H,25,29)(H,26,27). The van der Waals surface area contributed by atoms with Crippen LogP contribution in [0, 0.1) is 0 Å². The number of para-hydroxylation sites is 1. The second-order valence-corrected chi connectivity index (χ2v) is 7.07. The molecule has 0 radical (unpaired) electrons. The fourth-order valence-electron chi connectivity index (χ4n) is 3.40. The third-order valence-corrected chi connectivity index (χ3v) is 4.95. The second kappa shape index (κ2) is 8.87. The average Bonchev–Trinajstić information content (AvgIpc) is 3.22. The first-order chi connectivity index (χ1) is 15.3. The molecule has 1 fully saturated rings. The van der Waals surface area contributed by atoms with Crippen LogP contribution < -0.4 is 10.2 Å². The van der Waals surface area contributed by atoms with Gasteiger partial charge in [0, 0.05) is 18.5 Å². The van der Waals surface area contributed by atoms with Crippen molar-refractivity contribution in [2.45, 2.75) is 6.18 Å². The molecule has 0 unspecified atom stereocenters. The van der Waals surface area contributed by atoms with E-state index in [0.29, 0.717) is 42.9 Å². The summed E-state index contributed by atoms with van der Waals surface area (Å²) in [6.45, 7) is 1.09. The van der Waals surface area contributed by atoms with Crippen molar-refractivity contribution >= 4 is 34.2 Å². The fraction of sp³-hybridized carbons (Fsp3) is 0.286. The molecule has 1 saturated heterocycles. The van der Waals surface area contributed by atoms with E-state index in [1.165, 1.54) is 6.07 Å². The molecule has 32 heavy (non-hydrogen) atoms. The maximum Gasteiger partial charge on any atom is 0.416 e. The molecule has 1 aliphatic rings. The van der Waals surface area contributed by atoms with E-state index < -0.39 is 30.2 Å². The molecule has 1 aliphatic heterocycles. The molecule has 1 aromatic heterocycles. The zero-order valence-corrected chi connectivity index (χ0v) is 16.7. The lowest BCUT2D eigenvalue weighted by molar-refractivity contribution is -0.137. The molecule has 3 aromatic rings. The van der Waals surface area contributed by atoms with Crippen molar-refractivity contribution in [2.24, 2.45) is 0 Å². The number of nitrogens with zero attached hydrogens (tertiary/aromatic N) is 2. The highest BCUT2D eigenvalue weighted by atomic mass is 19.4. The lowest BCUT2D eigenvalue weighted by atomic mass is 10.1. The predicted molar refractivity (Wildman–Crippen MR) is 109 cm³/mol. The normalized spacial score (nSPS) is 14.4. The van der Waals surface area contributed by atoms with Crippen LogP contribution in [0.25, 0.3) is 10.9 Å². The summed E-state index contributed by atoms with van der Waals surface area (Å²) in [5.74, 6) is -1.60. The van der Waals surface area contributed by atoms with Gasteiger partial charge in [0.2, 0.25) is 0 Å². The molecule has 0 saturated carbocycles. The summed E-state index contributed by atoms with van der Waals surface area (Å²) in [5.41, 5.74) is 0.154. The monoisotopic (exact) mass is 448 g/mol. The first kappa shape index (κ1) is 21.6. The molecule has 168 valence electrons. The molecule has 2 heterocycles. The van der Waals surface area contributed by atoms with Gasteiger partial charge >= 0.3 is 12.1 Å². The largest absolute Gasteiger partial charge is 0.451 e. The summed E-state index contributed by atoms with van der Waals surface area (Å²) in [7, 11) is 0. The summed E-state index contributed by atoms with van der Waals surface area (Å²) in [4.78, 5) is 26.5. The molecule has 0 aliphatic carbocycles. The summed E-state index contributed by atoms with van der Waals surface area (Å²) in [6.07, 6.45) is -4.57. The minimum atomic E-state index is -4.57. The first-order valence-electron chi connectivity index (χ1n) is 9.77. The number of anilines is 2. The number of aromatic nitrogens is 2. The quantitative estimate of drug-likeness (QED) is 0.582. The van der Waals surface area contributed by atoms with Gasteiger partial charge in [0.05, 0.1) is 35.7 Å². The Hall–Kier alpha value is -3.60. The molecule has 1 amide bonds. The number of carbonyl (C=O) groups is 2. The van der Waals surface area contributed by atoms with E-state index in [-0.39, 0.29) is 11.4 Å². The van der Waals surface area contributed by atoms with Crippen LogP contribution in [-0.4, -0.2) is 55.0 Å². The van der Waals surface area contributed by atoms with Crippen molar-refractivity contribution in [1.82, 2.24) is 10.2 Å². The highest BCUT2D eigenvalue weighted by molar-refractivity contribution is 6.03. The Morgan fingerprint density at radius 3 is 2.66 bits per heavy atom. The number of fused-ring (bicyclic) bond motifs is 1. The van der Waals surface area contributed by atoms with Crippen LogP contribution in [0.2, 0.25) is 0 Å². The van der Waals surface area contributed by atoms with E-state index in [2.05, 4.69) is 15.5 Å². The topological polar surface area (TPSA) is 96.6 Å². The summed E-state index contributed by atoms with van der Waals surface area (Å²) < 4.78 is 49.9. The Bertz CT molecular complexity index is 1140. The van der Waals surface area contributed by atoms with E-state index in [1.807, 2.05) is 4.90 Å². The minimum absolute atomic E-state index is 0.0153. The van der Waals surface area contributed by atoms with E-state index in [9.17, 15) is 22.8 Å². The van der Waals surface area contributed by atoms with Gasteiger partial charge in [0.15, 0.2) is 12.3 Å². The maximum atomic E-state index is 13.2. The van der Waals surface area contributed by atoms with Crippen LogP contribution in [-0.2, 0) is 20.4 Å². The molecule has 4 rings (SSSR count). The molecule has 0 atom stereocenters. The molecule has 8 nitrogen and oxygen atoms in total. The van der Waals surface area contributed by atoms with Gasteiger partial charge in [-0.3, -0.25) is 9.89 Å². The number of benzene rings is 2. The fourth-order valence-corrected chi connectivity index (χ4v) is 3.40. The van der Waals surface area contributed by atoms with Gasteiger partial charge in [-0.25, -0.2) is 4.79 Å². The Balaban J connectivity index is 1.48. The number of esters is 1. The Morgan fingerprint density at radius 2 is 1.91 bits per heavy atom. The lowest BCUT2D eigenvalue weighted by Crippen LogP contribution is -2.37. The summed E-state index contributed by atoms with van der Waals surface area (Å²) in [6, 6.07) is 10.0. The molecular weight excluding hydrogens is 429 g/mol. The van der Waals surface area contributed by atoms with Crippen LogP contribution in [0.5, 0.6) is 0 Å². The maximum absolute atomic E-state index is 13.2. The van der Waals surface area contributed by atoms with Crippen molar-refractivity contribution in [2.75, 3.05) is 43.1 Å². The number of hydrogen-bond acceptors (Lipinski definition) is 6. The van der Waals surface area contributed by atoms with Crippen LogP contribution in [0.1, 0.15) is 16.1 Å². The lowest BCUT2D eigenvalue weighted by Gasteiger charge is -2.31. The van der Waals surface area contributed by atoms with Crippen molar-refractivity contribution in [1.29, 1.82) is 0 Å². The highest BCUT2D eigenvalue weighted by Gasteiger charge is 2.32. The third kappa shape index (κ3) is 4.67. The van der Waals surface area contributed by atoms with E-state index in [0.717, 1.165) is 12.1 Å². The van der Waals surface area contributed by atoms with E-state index in [4.69, 9.17) is 9.47 Å². The predicted octanol–water partition coefficient (Wildman–Crippen LogP) is 3.21. The van der Waals surface area contributed by atoms with Crippen molar-refractivity contribution in [3.8, 4) is 0 Å². The second-order valence-electron chi connectivity index (χ2n) is 7.07. The van der Waals surface area contributed by atoms with Crippen molar-refractivity contribution in [3.05, 3.63) is 53.7 Å². The SMILES string of the molecule is O=C(COC(=O)c1n[nH]c2ccccc12)Nc1cc(C(F)(F)F)ccc1N1CCOCC1. The Kier molecular flexibility index (Phi) is 5.99. The van der Waals surface area contributed by atoms with Gasteiger partial charge in [-0.1, -0.05) is 18.2 Å². The molecule has 2 N–H and O–H groups in total. The molecular formula is C21H19F3N4O4. The average molecular weight is 448 g/mol. The van der Waals surface area contributed by atoms with Crippen molar-refractivity contribution < 1.29 is 32.2 Å². The number of carbonyl (C=O) groups excluding carboxylic acids is 2. The van der Waals surface area contributed by atoms with Gasteiger partial charge < -0.3 is 19.7 Å². The number of hydrogen-bond donors (Lipinski definition) is 2. The van der Waals surface area contributed by atoms with Gasteiger partial charge in [-0.15, -0.1) is 0 Å². The number of nitrogens with one attached hydrogen (secondary N) is 2. The Labute approximate surface area is 180 Å². The van der Waals surface area contributed by atoms with Gasteiger partial charge in [0.1, 0.15) is 0 Å². The first-order valence-corrected chi connectivity index (χ1v) is 9.77. The van der Waals surface area contributed by atoms with Crippen molar-refractivity contribution in [3.63, 3.8) is 0 Å². The van der Waals surface area contributed by atoms with Crippen LogP contribution >= 0.6 is 0 Å².